The van der Waals surface area contributed by atoms with E-state index < -0.39 is 23.9 Å². The van der Waals surface area contributed by atoms with E-state index in [1.165, 1.54) is 0 Å². The minimum Gasteiger partial charge on any atom is -0.478 e. The highest BCUT2D eigenvalue weighted by atomic mass is 19.4. The SMILES string of the molecule is O=C(O)c1ccc(C(F)C(F)(F)F)cc1. The van der Waals surface area contributed by atoms with Crippen LogP contribution in [0.1, 0.15) is 22.1 Å². The van der Waals surface area contributed by atoms with Crippen LogP contribution in [0, 0.1) is 0 Å². The number of hydrogen-bond donors (Lipinski definition) is 1. The Morgan fingerprint density at radius 2 is 1.67 bits per heavy atom. The van der Waals surface area contributed by atoms with Gasteiger partial charge in [-0.05, 0) is 17.7 Å². The normalized spacial score (nSPS) is 13.6. The molecule has 0 aliphatic carbocycles. The predicted molar refractivity (Wildman–Crippen MR) is 43.3 cm³/mol. The summed E-state index contributed by atoms with van der Waals surface area (Å²) in [5, 5.41) is 8.46. The second-order valence-corrected chi connectivity index (χ2v) is 2.83. The summed E-state index contributed by atoms with van der Waals surface area (Å²) in [7, 11) is 0. The van der Waals surface area contributed by atoms with Crippen molar-refractivity contribution in [3.8, 4) is 0 Å². The van der Waals surface area contributed by atoms with Crippen molar-refractivity contribution in [2.45, 2.75) is 12.3 Å². The first kappa shape index (κ1) is 11.5. The first-order valence-electron chi connectivity index (χ1n) is 3.86. The third-order valence-corrected chi connectivity index (χ3v) is 1.74. The summed E-state index contributed by atoms with van der Waals surface area (Å²) in [5.74, 6) is -1.27. The van der Waals surface area contributed by atoms with E-state index in [4.69, 9.17) is 5.11 Å². The van der Waals surface area contributed by atoms with Gasteiger partial charge in [-0.15, -0.1) is 0 Å². The van der Waals surface area contributed by atoms with Gasteiger partial charge in [0, 0.05) is 0 Å². The van der Waals surface area contributed by atoms with E-state index in [1.54, 1.807) is 0 Å². The maximum absolute atomic E-state index is 12.7. The molecule has 1 unspecified atom stereocenters. The van der Waals surface area contributed by atoms with Crippen molar-refractivity contribution in [1.29, 1.82) is 0 Å². The van der Waals surface area contributed by atoms with Crippen LogP contribution in [0.5, 0.6) is 0 Å². The van der Waals surface area contributed by atoms with Crippen LogP contribution in [0.2, 0.25) is 0 Å². The molecular weight excluding hydrogens is 216 g/mol. The Hall–Kier alpha value is -1.59. The van der Waals surface area contributed by atoms with Gasteiger partial charge < -0.3 is 5.11 Å². The molecule has 0 aromatic heterocycles. The third kappa shape index (κ3) is 2.68. The van der Waals surface area contributed by atoms with E-state index in [2.05, 4.69) is 0 Å². The topological polar surface area (TPSA) is 37.3 Å². The summed E-state index contributed by atoms with van der Waals surface area (Å²) >= 11 is 0. The fourth-order valence-electron chi connectivity index (χ4n) is 0.984. The number of carboxylic acid groups (broad SMARTS) is 1. The largest absolute Gasteiger partial charge is 0.478 e. The standard InChI is InChI=1S/C9H6F4O2/c10-7(9(11,12)13)5-1-3-6(4-2-5)8(14)15/h1-4,7H,(H,14,15). The molecule has 1 aromatic rings. The van der Waals surface area contributed by atoms with Gasteiger partial charge in [-0.2, -0.15) is 13.2 Å². The van der Waals surface area contributed by atoms with E-state index in [9.17, 15) is 22.4 Å². The molecule has 0 aliphatic rings. The number of benzene rings is 1. The maximum atomic E-state index is 12.7. The molecule has 0 bridgehead atoms. The molecule has 0 saturated carbocycles. The lowest BCUT2D eigenvalue weighted by molar-refractivity contribution is -0.182. The molecule has 0 fully saturated rings. The Labute approximate surface area is 82.1 Å². The van der Waals surface area contributed by atoms with Gasteiger partial charge in [0.25, 0.3) is 0 Å². The van der Waals surface area contributed by atoms with E-state index in [-0.39, 0.29) is 5.56 Å². The van der Waals surface area contributed by atoms with Crippen molar-refractivity contribution in [1.82, 2.24) is 0 Å². The molecule has 0 spiro atoms. The van der Waals surface area contributed by atoms with Crippen LogP contribution >= 0.6 is 0 Å². The smallest absolute Gasteiger partial charge is 0.423 e. The molecule has 2 nitrogen and oxygen atoms in total. The van der Waals surface area contributed by atoms with Crippen LogP contribution in [-0.4, -0.2) is 17.3 Å². The lowest BCUT2D eigenvalue weighted by Crippen LogP contribution is -2.16. The molecule has 15 heavy (non-hydrogen) atoms. The second kappa shape index (κ2) is 3.88. The van der Waals surface area contributed by atoms with Crippen LogP contribution in [0.3, 0.4) is 0 Å². The van der Waals surface area contributed by atoms with Crippen molar-refractivity contribution in [2.75, 3.05) is 0 Å². The molecule has 1 aromatic carbocycles. The fourth-order valence-corrected chi connectivity index (χ4v) is 0.984. The molecular formula is C9H6F4O2. The van der Waals surface area contributed by atoms with Gasteiger partial charge in [-0.25, -0.2) is 9.18 Å². The Morgan fingerprint density at radius 3 is 2.00 bits per heavy atom. The van der Waals surface area contributed by atoms with Crippen LogP contribution in [0.15, 0.2) is 24.3 Å². The minimum atomic E-state index is -4.97. The highest BCUT2D eigenvalue weighted by Gasteiger charge is 2.41. The molecule has 1 N–H and O–H groups in total. The summed E-state index contributed by atoms with van der Waals surface area (Å²) < 4.78 is 48.4. The summed E-state index contributed by atoms with van der Waals surface area (Å²) in [5.41, 5.74) is -0.791. The Bertz CT molecular complexity index is 355. The number of carboxylic acids is 1. The van der Waals surface area contributed by atoms with Crippen molar-refractivity contribution >= 4 is 5.97 Å². The summed E-state index contributed by atoms with van der Waals surface area (Å²) in [6.45, 7) is 0. The number of rotatable bonds is 2. The quantitative estimate of drug-likeness (QED) is 0.781. The van der Waals surface area contributed by atoms with E-state index >= 15 is 0 Å². The van der Waals surface area contributed by atoms with Gasteiger partial charge in [0.05, 0.1) is 5.56 Å². The molecule has 82 valence electrons. The number of halogens is 4. The Kier molecular flexibility index (Phi) is 2.97. The average molecular weight is 222 g/mol. The van der Waals surface area contributed by atoms with Crippen molar-refractivity contribution in [3.63, 3.8) is 0 Å². The highest BCUT2D eigenvalue weighted by Crippen LogP contribution is 2.35. The second-order valence-electron chi connectivity index (χ2n) is 2.83. The lowest BCUT2D eigenvalue weighted by Gasteiger charge is -2.12. The number of carbonyl (C=O) groups is 1. The third-order valence-electron chi connectivity index (χ3n) is 1.74. The molecule has 0 heterocycles. The van der Waals surface area contributed by atoms with Crippen molar-refractivity contribution < 1.29 is 27.5 Å². The van der Waals surface area contributed by atoms with Crippen molar-refractivity contribution in [2.24, 2.45) is 0 Å². The molecule has 1 atom stereocenters. The predicted octanol–water partition coefficient (Wildman–Crippen LogP) is 2.96. The average Bonchev–Trinajstić information content (AvgIpc) is 2.15. The summed E-state index contributed by atoms with van der Waals surface area (Å²) in [4.78, 5) is 10.4. The van der Waals surface area contributed by atoms with Gasteiger partial charge in [0.2, 0.25) is 6.17 Å². The van der Waals surface area contributed by atoms with Crippen LogP contribution in [-0.2, 0) is 0 Å². The van der Waals surface area contributed by atoms with Gasteiger partial charge in [-0.3, -0.25) is 0 Å². The molecule has 1 rings (SSSR count). The van der Waals surface area contributed by atoms with Gasteiger partial charge in [0.1, 0.15) is 0 Å². The first-order valence-corrected chi connectivity index (χ1v) is 3.86. The number of hydrogen-bond acceptors (Lipinski definition) is 1. The minimum absolute atomic E-state index is 0.187. The van der Waals surface area contributed by atoms with Gasteiger partial charge >= 0.3 is 12.1 Å². The van der Waals surface area contributed by atoms with Gasteiger partial charge in [-0.1, -0.05) is 12.1 Å². The summed E-state index contributed by atoms with van der Waals surface area (Å²) in [6.07, 6.45) is -8.05. The Balaban J connectivity index is 2.94. The van der Waals surface area contributed by atoms with Crippen LogP contribution in [0.4, 0.5) is 17.6 Å². The van der Waals surface area contributed by atoms with Crippen LogP contribution in [0.25, 0.3) is 0 Å². The lowest BCUT2D eigenvalue weighted by atomic mass is 10.1. The number of alkyl halides is 4. The fraction of sp³-hybridized carbons (Fsp3) is 0.222. The molecule has 0 amide bonds. The van der Waals surface area contributed by atoms with E-state index in [0.29, 0.717) is 0 Å². The molecule has 0 radical (unpaired) electrons. The highest BCUT2D eigenvalue weighted by molar-refractivity contribution is 5.87. The zero-order chi connectivity index (χ0) is 11.6. The summed E-state index contributed by atoms with van der Waals surface area (Å²) in [6, 6.07) is 3.47. The monoisotopic (exact) mass is 222 g/mol. The van der Waals surface area contributed by atoms with Crippen molar-refractivity contribution in [3.05, 3.63) is 35.4 Å². The number of aromatic carboxylic acids is 1. The van der Waals surface area contributed by atoms with Gasteiger partial charge in [0.15, 0.2) is 0 Å². The Morgan fingerprint density at radius 1 is 1.20 bits per heavy atom. The zero-order valence-corrected chi connectivity index (χ0v) is 7.25. The molecule has 6 heteroatoms. The van der Waals surface area contributed by atoms with E-state index in [0.717, 1.165) is 24.3 Å². The molecule has 0 saturated heterocycles. The molecule has 0 aliphatic heterocycles. The first-order chi connectivity index (χ1) is 6.82. The zero-order valence-electron chi connectivity index (χ0n) is 7.25. The van der Waals surface area contributed by atoms with Crippen LogP contribution < -0.4 is 0 Å². The van der Waals surface area contributed by atoms with E-state index in [1.807, 2.05) is 0 Å². The maximum Gasteiger partial charge on any atom is 0.423 e.